The maximum Gasteiger partial charge on any atom is 0.228 e. The Kier molecular flexibility index (Phi) is 5.25. The van der Waals surface area contributed by atoms with Crippen LogP contribution in [0.2, 0.25) is 0 Å². The van der Waals surface area contributed by atoms with Gasteiger partial charge in [-0.2, -0.15) is 5.26 Å². The lowest BCUT2D eigenvalue weighted by atomic mass is 9.96. The first-order valence-corrected chi connectivity index (χ1v) is 8.32. The third kappa shape index (κ3) is 4.01. The number of nitriles is 1. The van der Waals surface area contributed by atoms with E-state index in [0.29, 0.717) is 5.56 Å². The lowest BCUT2D eigenvalue weighted by Gasteiger charge is -2.32. The number of nitrogens with zero attached hydrogens (tertiary/aromatic N) is 2. The molecule has 0 saturated carbocycles. The number of hydrogen-bond donors (Lipinski definition) is 1. The van der Waals surface area contributed by atoms with E-state index >= 15 is 0 Å². The molecular formula is C20H21N3O. The third-order valence-electron chi connectivity index (χ3n) is 4.45. The Balaban J connectivity index is 1.62. The van der Waals surface area contributed by atoms with Crippen LogP contribution in [0.25, 0.3) is 0 Å². The fourth-order valence-corrected chi connectivity index (χ4v) is 3.19. The molecule has 122 valence electrons. The molecule has 4 nitrogen and oxygen atoms in total. The Bertz CT molecular complexity index is 736. The summed E-state index contributed by atoms with van der Waals surface area (Å²) in [5.74, 6) is 0.0765. The molecule has 0 spiro atoms. The van der Waals surface area contributed by atoms with Crippen LogP contribution in [-0.2, 0) is 11.3 Å². The van der Waals surface area contributed by atoms with Gasteiger partial charge in [0.1, 0.15) is 0 Å². The Morgan fingerprint density at radius 2 is 1.92 bits per heavy atom. The van der Waals surface area contributed by atoms with Crippen molar-refractivity contribution in [2.45, 2.75) is 19.4 Å². The van der Waals surface area contributed by atoms with Gasteiger partial charge in [-0.15, -0.1) is 0 Å². The second kappa shape index (κ2) is 7.76. The van der Waals surface area contributed by atoms with Gasteiger partial charge >= 0.3 is 0 Å². The normalized spacial score (nSPS) is 17.9. The van der Waals surface area contributed by atoms with Gasteiger partial charge in [-0.05, 0) is 43.1 Å². The molecule has 2 aromatic rings. The maximum atomic E-state index is 12.5. The number of carbonyl (C=O) groups excluding carboxylic acids is 1. The lowest BCUT2D eigenvalue weighted by molar-refractivity contribution is -0.121. The van der Waals surface area contributed by atoms with Gasteiger partial charge in [0.25, 0.3) is 0 Å². The summed E-state index contributed by atoms with van der Waals surface area (Å²) in [4.78, 5) is 14.8. The monoisotopic (exact) mass is 319 g/mol. The number of nitrogens with one attached hydrogen (secondary N) is 1. The fraction of sp³-hybridized carbons (Fsp3) is 0.300. The van der Waals surface area contributed by atoms with Gasteiger partial charge in [-0.1, -0.05) is 36.4 Å². The highest BCUT2D eigenvalue weighted by Crippen LogP contribution is 2.21. The van der Waals surface area contributed by atoms with E-state index in [-0.39, 0.29) is 11.8 Å². The number of anilines is 1. The zero-order valence-corrected chi connectivity index (χ0v) is 13.6. The van der Waals surface area contributed by atoms with Crippen molar-refractivity contribution in [3.63, 3.8) is 0 Å². The average molecular weight is 319 g/mol. The van der Waals surface area contributed by atoms with E-state index in [0.717, 1.165) is 43.7 Å². The molecular weight excluding hydrogens is 298 g/mol. The van der Waals surface area contributed by atoms with E-state index in [1.165, 1.54) is 0 Å². The second-order valence-corrected chi connectivity index (χ2v) is 6.20. The van der Waals surface area contributed by atoms with Crippen LogP contribution in [0.5, 0.6) is 0 Å². The minimum absolute atomic E-state index is 0.00629. The van der Waals surface area contributed by atoms with Gasteiger partial charge in [-0.3, -0.25) is 9.69 Å². The molecule has 1 fully saturated rings. The highest BCUT2D eigenvalue weighted by molar-refractivity contribution is 5.92. The van der Waals surface area contributed by atoms with Crippen LogP contribution < -0.4 is 5.32 Å². The van der Waals surface area contributed by atoms with Crippen molar-refractivity contribution < 1.29 is 4.79 Å². The highest BCUT2D eigenvalue weighted by atomic mass is 16.1. The number of rotatable bonds is 4. The van der Waals surface area contributed by atoms with Gasteiger partial charge in [-0.25, -0.2) is 0 Å². The second-order valence-electron chi connectivity index (χ2n) is 6.20. The third-order valence-corrected chi connectivity index (χ3v) is 4.45. The standard InChI is InChI=1S/C20H21N3O/c21-13-16-7-4-5-8-17(16)14-23-12-6-9-18(15-23)20(24)22-19-10-2-1-3-11-19/h1-5,7-8,10-11,18H,6,9,12,14-15H2,(H,22,24)/t18-/m0/s1. The summed E-state index contributed by atoms with van der Waals surface area (Å²) in [6.07, 6.45) is 1.91. The topological polar surface area (TPSA) is 56.1 Å². The van der Waals surface area contributed by atoms with Gasteiger partial charge < -0.3 is 5.32 Å². The largest absolute Gasteiger partial charge is 0.326 e. The average Bonchev–Trinajstić information content (AvgIpc) is 2.63. The number of hydrogen-bond acceptors (Lipinski definition) is 3. The first-order chi connectivity index (χ1) is 11.8. The van der Waals surface area contributed by atoms with Crippen molar-refractivity contribution in [2.75, 3.05) is 18.4 Å². The van der Waals surface area contributed by atoms with Crippen LogP contribution >= 0.6 is 0 Å². The summed E-state index contributed by atoms with van der Waals surface area (Å²) in [6, 6.07) is 19.5. The summed E-state index contributed by atoms with van der Waals surface area (Å²) in [5, 5.41) is 12.2. The summed E-state index contributed by atoms with van der Waals surface area (Å²) >= 11 is 0. The molecule has 1 saturated heterocycles. The molecule has 0 bridgehead atoms. The molecule has 1 heterocycles. The summed E-state index contributed by atoms with van der Waals surface area (Å²) in [7, 11) is 0. The zero-order chi connectivity index (χ0) is 16.8. The number of carbonyl (C=O) groups is 1. The van der Waals surface area contributed by atoms with Crippen LogP contribution in [0.3, 0.4) is 0 Å². The molecule has 1 aliphatic rings. The fourth-order valence-electron chi connectivity index (χ4n) is 3.19. The summed E-state index contributed by atoms with van der Waals surface area (Å²) in [6.45, 7) is 2.42. The van der Waals surface area contributed by atoms with E-state index in [1.807, 2.05) is 54.6 Å². The van der Waals surface area contributed by atoms with Crippen LogP contribution in [0, 0.1) is 17.2 Å². The van der Waals surface area contributed by atoms with E-state index in [2.05, 4.69) is 16.3 Å². The van der Waals surface area contributed by atoms with Crippen LogP contribution in [-0.4, -0.2) is 23.9 Å². The van der Waals surface area contributed by atoms with Gasteiger partial charge in [0.15, 0.2) is 0 Å². The molecule has 2 aromatic carbocycles. The van der Waals surface area contributed by atoms with Crippen molar-refractivity contribution >= 4 is 11.6 Å². The van der Waals surface area contributed by atoms with E-state index in [9.17, 15) is 10.1 Å². The number of amides is 1. The number of likely N-dealkylation sites (tertiary alicyclic amines) is 1. The minimum atomic E-state index is -0.00629. The molecule has 3 rings (SSSR count). The molecule has 1 N–H and O–H groups in total. The SMILES string of the molecule is N#Cc1ccccc1CN1CCC[C@H](C(=O)Nc2ccccc2)C1. The van der Waals surface area contributed by atoms with Crippen molar-refractivity contribution in [1.29, 1.82) is 5.26 Å². The van der Waals surface area contributed by atoms with Crippen LogP contribution in [0.1, 0.15) is 24.0 Å². The smallest absolute Gasteiger partial charge is 0.228 e. The highest BCUT2D eigenvalue weighted by Gasteiger charge is 2.26. The quantitative estimate of drug-likeness (QED) is 0.939. The first-order valence-electron chi connectivity index (χ1n) is 8.32. The van der Waals surface area contributed by atoms with Crippen molar-refractivity contribution in [3.05, 3.63) is 65.7 Å². The van der Waals surface area contributed by atoms with Gasteiger partial charge in [0.05, 0.1) is 17.6 Å². The van der Waals surface area contributed by atoms with Crippen molar-refractivity contribution in [1.82, 2.24) is 4.90 Å². The van der Waals surface area contributed by atoms with Crippen LogP contribution in [0.4, 0.5) is 5.69 Å². The predicted molar refractivity (Wildman–Crippen MR) is 94.2 cm³/mol. The first kappa shape index (κ1) is 16.2. The number of benzene rings is 2. The molecule has 1 amide bonds. The summed E-state index contributed by atoms with van der Waals surface area (Å²) in [5.41, 5.74) is 2.59. The van der Waals surface area contributed by atoms with E-state index in [1.54, 1.807) is 0 Å². The van der Waals surface area contributed by atoms with Crippen molar-refractivity contribution in [3.8, 4) is 6.07 Å². The maximum absolute atomic E-state index is 12.5. The predicted octanol–water partition coefficient (Wildman–Crippen LogP) is 3.41. The number of para-hydroxylation sites is 1. The van der Waals surface area contributed by atoms with Gasteiger partial charge in [0, 0.05) is 18.8 Å². The van der Waals surface area contributed by atoms with E-state index < -0.39 is 0 Å². The molecule has 24 heavy (non-hydrogen) atoms. The lowest BCUT2D eigenvalue weighted by Crippen LogP contribution is -2.40. The van der Waals surface area contributed by atoms with Crippen molar-refractivity contribution in [2.24, 2.45) is 5.92 Å². The molecule has 0 radical (unpaired) electrons. The molecule has 1 atom stereocenters. The Labute approximate surface area is 142 Å². The molecule has 0 unspecified atom stereocenters. The minimum Gasteiger partial charge on any atom is -0.326 e. The van der Waals surface area contributed by atoms with Gasteiger partial charge in [0.2, 0.25) is 5.91 Å². The number of piperidine rings is 1. The molecule has 0 aliphatic carbocycles. The Morgan fingerprint density at radius 3 is 2.71 bits per heavy atom. The Morgan fingerprint density at radius 1 is 1.17 bits per heavy atom. The van der Waals surface area contributed by atoms with E-state index in [4.69, 9.17) is 0 Å². The zero-order valence-electron chi connectivity index (χ0n) is 13.6. The Hall–Kier alpha value is -2.64. The molecule has 0 aromatic heterocycles. The molecule has 4 heteroatoms. The van der Waals surface area contributed by atoms with Crippen LogP contribution in [0.15, 0.2) is 54.6 Å². The summed E-state index contributed by atoms with van der Waals surface area (Å²) < 4.78 is 0. The molecule has 1 aliphatic heterocycles.